The lowest BCUT2D eigenvalue weighted by molar-refractivity contribution is 0.265. The van der Waals surface area contributed by atoms with Crippen LogP contribution in [0.3, 0.4) is 0 Å². The number of aryl methyl sites for hydroxylation is 1. The zero-order chi connectivity index (χ0) is 11.9. The summed E-state index contributed by atoms with van der Waals surface area (Å²) in [4.78, 5) is 4.57. The van der Waals surface area contributed by atoms with Crippen molar-refractivity contribution in [2.24, 2.45) is 12.8 Å². The van der Waals surface area contributed by atoms with Crippen LogP contribution in [0.5, 0.6) is 0 Å². The number of para-hydroxylation sites is 2. The van der Waals surface area contributed by atoms with Crippen molar-refractivity contribution in [3.05, 3.63) is 24.3 Å². The minimum atomic E-state index is -0.0157. The summed E-state index contributed by atoms with van der Waals surface area (Å²) in [7, 11) is 2.03. The van der Waals surface area contributed by atoms with Gasteiger partial charge in [-0.25, -0.2) is 4.98 Å². The van der Waals surface area contributed by atoms with Crippen LogP contribution in [0.2, 0.25) is 0 Å². The first-order valence-corrected chi connectivity index (χ1v) is 6.12. The number of fused-ring (bicyclic) bond motifs is 1. The van der Waals surface area contributed by atoms with Crippen molar-refractivity contribution < 1.29 is 0 Å². The van der Waals surface area contributed by atoms with E-state index >= 15 is 0 Å². The molecule has 1 aromatic heterocycles. The van der Waals surface area contributed by atoms with E-state index in [0.29, 0.717) is 0 Å². The van der Waals surface area contributed by atoms with Crippen LogP contribution < -0.4 is 11.1 Å². The molecule has 0 unspecified atom stereocenters. The predicted molar refractivity (Wildman–Crippen MR) is 70.0 cm³/mol. The number of imidazole rings is 1. The number of nitrogens with zero attached hydrogens (tertiary/aromatic N) is 2. The van der Waals surface area contributed by atoms with Crippen LogP contribution in [0.4, 0.5) is 5.95 Å². The smallest absolute Gasteiger partial charge is 0.203 e. The molecule has 1 fully saturated rings. The Bertz CT molecular complexity index is 539. The molecule has 0 amide bonds. The average Bonchev–Trinajstić information content (AvgIpc) is 2.62. The van der Waals surface area contributed by atoms with Gasteiger partial charge in [0.25, 0.3) is 0 Å². The molecule has 1 aliphatic carbocycles. The van der Waals surface area contributed by atoms with Crippen molar-refractivity contribution >= 4 is 17.0 Å². The van der Waals surface area contributed by atoms with Crippen molar-refractivity contribution in [2.45, 2.75) is 24.8 Å². The molecule has 90 valence electrons. The van der Waals surface area contributed by atoms with Crippen molar-refractivity contribution in [1.82, 2.24) is 9.55 Å². The third-order valence-corrected chi connectivity index (χ3v) is 3.74. The topological polar surface area (TPSA) is 55.9 Å². The zero-order valence-electron chi connectivity index (χ0n) is 10.1. The van der Waals surface area contributed by atoms with Crippen LogP contribution in [0.25, 0.3) is 11.0 Å². The van der Waals surface area contributed by atoms with Gasteiger partial charge >= 0.3 is 0 Å². The highest BCUT2D eigenvalue weighted by Gasteiger charge is 2.32. The van der Waals surface area contributed by atoms with Crippen molar-refractivity contribution in [3.8, 4) is 0 Å². The molecule has 4 nitrogen and oxygen atoms in total. The average molecular weight is 230 g/mol. The molecule has 17 heavy (non-hydrogen) atoms. The standard InChI is InChI=1S/C13H18N4/c1-17-11-6-3-2-5-10(11)16-12(17)15-9-13(14)7-4-8-13/h2-3,5-6H,4,7-9,14H2,1H3,(H,15,16). The third kappa shape index (κ3) is 1.78. The van der Waals surface area contributed by atoms with Gasteiger partial charge in [-0.3, -0.25) is 0 Å². The fourth-order valence-electron chi connectivity index (χ4n) is 2.37. The molecule has 1 aliphatic rings. The van der Waals surface area contributed by atoms with E-state index < -0.39 is 0 Å². The maximum atomic E-state index is 6.20. The second-order valence-electron chi connectivity index (χ2n) is 5.05. The Labute approximate surface area is 101 Å². The highest BCUT2D eigenvalue weighted by Crippen LogP contribution is 2.29. The molecule has 0 radical (unpaired) electrons. The van der Waals surface area contributed by atoms with Crippen molar-refractivity contribution in [2.75, 3.05) is 11.9 Å². The number of hydrogen-bond acceptors (Lipinski definition) is 3. The lowest BCUT2D eigenvalue weighted by Gasteiger charge is -2.38. The number of benzene rings is 1. The highest BCUT2D eigenvalue weighted by molar-refractivity contribution is 5.78. The van der Waals surface area contributed by atoms with Crippen LogP contribution in [0.15, 0.2) is 24.3 Å². The van der Waals surface area contributed by atoms with Crippen LogP contribution in [-0.4, -0.2) is 21.6 Å². The quantitative estimate of drug-likeness (QED) is 0.846. The van der Waals surface area contributed by atoms with Gasteiger partial charge in [-0.2, -0.15) is 0 Å². The monoisotopic (exact) mass is 230 g/mol. The number of hydrogen-bond donors (Lipinski definition) is 2. The van der Waals surface area contributed by atoms with Gasteiger partial charge in [0.05, 0.1) is 11.0 Å². The first-order valence-electron chi connectivity index (χ1n) is 6.12. The summed E-state index contributed by atoms with van der Waals surface area (Å²) in [6, 6.07) is 8.15. The van der Waals surface area contributed by atoms with Crippen LogP contribution in [0.1, 0.15) is 19.3 Å². The molecule has 0 atom stereocenters. The fourth-order valence-corrected chi connectivity index (χ4v) is 2.37. The minimum Gasteiger partial charge on any atom is -0.354 e. The molecule has 2 aromatic rings. The Kier molecular flexibility index (Phi) is 2.33. The maximum absolute atomic E-state index is 6.20. The van der Waals surface area contributed by atoms with E-state index in [9.17, 15) is 0 Å². The molecule has 1 aromatic carbocycles. The molecule has 0 bridgehead atoms. The van der Waals surface area contributed by atoms with Crippen LogP contribution in [-0.2, 0) is 7.05 Å². The molecule has 3 rings (SSSR count). The van der Waals surface area contributed by atoms with E-state index in [2.05, 4.69) is 20.9 Å². The second-order valence-corrected chi connectivity index (χ2v) is 5.05. The predicted octanol–water partition coefficient (Wildman–Crippen LogP) is 1.87. The van der Waals surface area contributed by atoms with Crippen molar-refractivity contribution in [3.63, 3.8) is 0 Å². The van der Waals surface area contributed by atoms with Gasteiger partial charge in [0.1, 0.15) is 0 Å². The van der Waals surface area contributed by atoms with E-state index in [0.717, 1.165) is 36.4 Å². The van der Waals surface area contributed by atoms with E-state index in [4.69, 9.17) is 5.73 Å². The summed E-state index contributed by atoms with van der Waals surface area (Å²) in [5.41, 5.74) is 8.35. The van der Waals surface area contributed by atoms with E-state index in [1.807, 2.05) is 25.2 Å². The van der Waals surface area contributed by atoms with Gasteiger partial charge in [-0.05, 0) is 31.4 Å². The zero-order valence-corrected chi connectivity index (χ0v) is 10.1. The molecule has 1 saturated carbocycles. The lowest BCUT2D eigenvalue weighted by Crippen LogP contribution is -2.52. The number of nitrogens with one attached hydrogen (secondary N) is 1. The van der Waals surface area contributed by atoms with Gasteiger partial charge in [0.15, 0.2) is 0 Å². The number of nitrogens with two attached hydrogens (primary N) is 1. The highest BCUT2D eigenvalue weighted by atomic mass is 15.2. The second kappa shape index (κ2) is 3.74. The Morgan fingerprint density at radius 1 is 1.41 bits per heavy atom. The van der Waals surface area contributed by atoms with Crippen LogP contribution >= 0.6 is 0 Å². The molecule has 4 heteroatoms. The minimum absolute atomic E-state index is 0.0157. The first kappa shape index (κ1) is 10.6. The maximum Gasteiger partial charge on any atom is 0.203 e. The van der Waals surface area contributed by atoms with Crippen molar-refractivity contribution in [1.29, 1.82) is 0 Å². The molecule has 0 saturated heterocycles. The number of rotatable bonds is 3. The summed E-state index contributed by atoms with van der Waals surface area (Å²) in [5, 5.41) is 3.37. The molecule has 1 heterocycles. The molecule has 0 spiro atoms. The summed E-state index contributed by atoms with van der Waals surface area (Å²) in [6.45, 7) is 0.810. The SMILES string of the molecule is Cn1c(NCC2(N)CCC2)nc2ccccc21. The lowest BCUT2D eigenvalue weighted by atomic mass is 9.78. The number of aromatic nitrogens is 2. The summed E-state index contributed by atoms with van der Waals surface area (Å²) >= 11 is 0. The van der Waals surface area contributed by atoms with Gasteiger partial charge in [0, 0.05) is 19.1 Å². The van der Waals surface area contributed by atoms with Gasteiger partial charge < -0.3 is 15.6 Å². The molecular formula is C13H18N4. The van der Waals surface area contributed by atoms with Gasteiger partial charge in [-0.1, -0.05) is 12.1 Å². The van der Waals surface area contributed by atoms with Gasteiger partial charge in [0.2, 0.25) is 5.95 Å². The van der Waals surface area contributed by atoms with E-state index in [-0.39, 0.29) is 5.54 Å². The summed E-state index contributed by atoms with van der Waals surface area (Å²) in [6.07, 6.45) is 3.48. The molecule has 0 aliphatic heterocycles. The number of anilines is 1. The third-order valence-electron chi connectivity index (χ3n) is 3.74. The Hall–Kier alpha value is -1.55. The Morgan fingerprint density at radius 2 is 2.18 bits per heavy atom. The van der Waals surface area contributed by atoms with E-state index in [1.54, 1.807) is 0 Å². The molecule has 3 N–H and O–H groups in total. The van der Waals surface area contributed by atoms with E-state index in [1.165, 1.54) is 6.42 Å². The summed E-state index contributed by atoms with van der Waals surface area (Å²) < 4.78 is 2.08. The molecular weight excluding hydrogens is 212 g/mol. The first-order chi connectivity index (χ1) is 8.18. The largest absolute Gasteiger partial charge is 0.354 e. The Morgan fingerprint density at radius 3 is 2.82 bits per heavy atom. The van der Waals surface area contributed by atoms with Gasteiger partial charge in [-0.15, -0.1) is 0 Å². The normalized spacial score (nSPS) is 18.0. The fraction of sp³-hybridized carbons (Fsp3) is 0.462. The Balaban J connectivity index is 1.83. The summed E-state index contributed by atoms with van der Waals surface area (Å²) in [5.74, 6) is 0.905. The van der Waals surface area contributed by atoms with Crippen LogP contribution in [0, 0.1) is 0 Å².